The van der Waals surface area contributed by atoms with Crippen molar-refractivity contribution in [3.05, 3.63) is 51.5 Å². The van der Waals surface area contributed by atoms with E-state index in [1.54, 1.807) is 5.38 Å². The summed E-state index contributed by atoms with van der Waals surface area (Å²) in [6.45, 7) is 0. The van der Waals surface area contributed by atoms with Gasteiger partial charge in [-0.25, -0.2) is 4.39 Å². The molecule has 7 heteroatoms. The summed E-state index contributed by atoms with van der Waals surface area (Å²) in [6.07, 6.45) is -4.84. The first-order valence-corrected chi connectivity index (χ1v) is 6.25. The smallest absolute Gasteiger partial charge is 0.419 e. The first-order valence-electron chi connectivity index (χ1n) is 5.37. The third kappa shape index (κ3) is 2.82. The molecule has 0 spiro atoms. The van der Waals surface area contributed by atoms with Crippen LogP contribution >= 0.6 is 11.3 Å². The fourth-order valence-corrected chi connectivity index (χ4v) is 2.39. The lowest BCUT2D eigenvalue weighted by Crippen LogP contribution is -2.10. The maximum Gasteiger partial charge on any atom is 0.419 e. The Bertz CT molecular complexity index is 646. The number of methoxy groups -OCH3 is 1. The zero-order valence-electron chi connectivity index (χ0n) is 10.1. The summed E-state index contributed by atoms with van der Waals surface area (Å²) in [5.41, 5.74) is -1.67. The van der Waals surface area contributed by atoms with Gasteiger partial charge < -0.3 is 4.74 Å². The van der Waals surface area contributed by atoms with Crippen LogP contribution in [-0.4, -0.2) is 12.9 Å². The van der Waals surface area contributed by atoms with Crippen molar-refractivity contribution in [1.29, 1.82) is 0 Å². The van der Waals surface area contributed by atoms with E-state index in [1.165, 1.54) is 13.2 Å². The van der Waals surface area contributed by atoms with Crippen molar-refractivity contribution in [2.24, 2.45) is 0 Å². The summed E-state index contributed by atoms with van der Waals surface area (Å²) in [4.78, 5) is 12.3. The van der Waals surface area contributed by atoms with Gasteiger partial charge in [-0.1, -0.05) is 0 Å². The number of halogens is 4. The summed E-state index contributed by atoms with van der Waals surface area (Å²) < 4.78 is 55.8. The maximum absolute atomic E-state index is 13.1. The van der Waals surface area contributed by atoms with Crippen LogP contribution in [0.5, 0.6) is 5.75 Å². The molecule has 2 rings (SSSR count). The molecular weight excluding hydrogens is 296 g/mol. The van der Waals surface area contributed by atoms with E-state index in [1.807, 2.05) is 0 Å². The highest BCUT2D eigenvalue weighted by atomic mass is 32.1. The van der Waals surface area contributed by atoms with Crippen LogP contribution in [0.25, 0.3) is 0 Å². The molecule has 0 amide bonds. The van der Waals surface area contributed by atoms with E-state index in [4.69, 9.17) is 4.74 Å². The lowest BCUT2D eigenvalue weighted by molar-refractivity contribution is -0.140. The fraction of sp³-hybridized carbons (Fsp3) is 0.154. The minimum absolute atomic E-state index is 0.219. The molecule has 20 heavy (non-hydrogen) atoms. The van der Waals surface area contributed by atoms with Gasteiger partial charge in [-0.2, -0.15) is 13.2 Å². The van der Waals surface area contributed by atoms with Crippen LogP contribution in [0.4, 0.5) is 17.6 Å². The average molecular weight is 304 g/mol. The van der Waals surface area contributed by atoms with Gasteiger partial charge in [-0.3, -0.25) is 4.79 Å². The van der Waals surface area contributed by atoms with E-state index in [0.29, 0.717) is 17.9 Å². The number of carbonyl (C=O) groups is 1. The normalized spacial score (nSPS) is 11.4. The molecule has 1 aromatic heterocycles. The van der Waals surface area contributed by atoms with Crippen molar-refractivity contribution in [1.82, 2.24) is 0 Å². The van der Waals surface area contributed by atoms with Crippen LogP contribution in [0.15, 0.2) is 29.6 Å². The number of thiophene rings is 1. The molecule has 0 unspecified atom stereocenters. The summed E-state index contributed by atoms with van der Waals surface area (Å²) in [6, 6.07) is 3.60. The molecule has 1 heterocycles. The number of hydrogen-bond donors (Lipinski definition) is 0. The minimum atomic E-state index is -4.84. The van der Waals surface area contributed by atoms with Crippen LogP contribution in [0, 0.1) is 5.82 Å². The number of ether oxygens (including phenoxy) is 1. The van der Waals surface area contributed by atoms with Gasteiger partial charge in [-0.15, -0.1) is 11.3 Å². The lowest BCUT2D eigenvalue weighted by Gasteiger charge is -2.09. The number of carbonyl (C=O) groups excluding carboxylic acids is 1. The molecule has 2 aromatic rings. The van der Waals surface area contributed by atoms with Crippen LogP contribution in [0.2, 0.25) is 0 Å². The second-order valence-electron chi connectivity index (χ2n) is 3.87. The largest absolute Gasteiger partial charge is 0.496 e. The molecule has 0 aliphatic heterocycles. The number of ketones is 1. The Morgan fingerprint density at radius 1 is 1.25 bits per heavy atom. The van der Waals surface area contributed by atoms with Gasteiger partial charge in [-0.05, 0) is 18.2 Å². The molecule has 0 aliphatic rings. The lowest BCUT2D eigenvalue weighted by atomic mass is 10.1. The second-order valence-corrected chi connectivity index (χ2v) is 4.78. The summed E-state index contributed by atoms with van der Waals surface area (Å²) >= 11 is 1.05. The highest BCUT2D eigenvalue weighted by Crippen LogP contribution is 2.33. The molecule has 0 N–H and O–H groups in total. The Morgan fingerprint density at radius 2 is 1.95 bits per heavy atom. The molecule has 0 radical (unpaired) electrons. The number of rotatable bonds is 3. The number of alkyl halides is 3. The third-order valence-corrected chi connectivity index (χ3v) is 3.48. The molecule has 0 bridgehead atoms. The van der Waals surface area contributed by atoms with Crippen molar-refractivity contribution >= 4 is 17.1 Å². The quantitative estimate of drug-likeness (QED) is 0.629. The zero-order valence-corrected chi connectivity index (χ0v) is 10.9. The minimum Gasteiger partial charge on any atom is -0.496 e. The summed E-state index contributed by atoms with van der Waals surface area (Å²) in [7, 11) is 1.41. The van der Waals surface area contributed by atoms with Gasteiger partial charge in [0, 0.05) is 17.0 Å². The molecule has 0 aliphatic carbocycles. The van der Waals surface area contributed by atoms with Gasteiger partial charge in [0.2, 0.25) is 5.78 Å². The fourth-order valence-electron chi connectivity index (χ4n) is 1.57. The molecule has 106 valence electrons. The van der Waals surface area contributed by atoms with E-state index >= 15 is 0 Å². The van der Waals surface area contributed by atoms with Gasteiger partial charge in [0.15, 0.2) is 0 Å². The van der Waals surface area contributed by atoms with Crippen molar-refractivity contribution in [2.75, 3.05) is 7.11 Å². The van der Waals surface area contributed by atoms with Crippen LogP contribution in [0.1, 0.15) is 20.8 Å². The van der Waals surface area contributed by atoms with E-state index in [9.17, 15) is 22.4 Å². The predicted molar refractivity (Wildman–Crippen MR) is 65.7 cm³/mol. The predicted octanol–water partition coefficient (Wildman–Crippen LogP) is 4.15. The zero-order chi connectivity index (χ0) is 14.9. The van der Waals surface area contributed by atoms with Gasteiger partial charge in [0.05, 0.1) is 17.6 Å². The Balaban J connectivity index is 2.40. The molecule has 1 aromatic carbocycles. The molecule has 0 fully saturated rings. The van der Waals surface area contributed by atoms with E-state index in [2.05, 4.69) is 0 Å². The molecular formula is C13H8F4O2S. The molecule has 0 saturated heterocycles. The number of hydrogen-bond acceptors (Lipinski definition) is 3. The Kier molecular flexibility index (Phi) is 3.80. The Hall–Kier alpha value is -1.89. The van der Waals surface area contributed by atoms with E-state index in [0.717, 1.165) is 17.4 Å². The monoisotopic (exact) mass is 304 g/mol. The summed E-state index contributed by atoms with van der Waals surface area (Å²) in [5.74, 6) is -1.57. The molecule has 0 saturated carbocycles. The Morgan fingerprint density at radius 3 is 2.50 bits per heavy atom. The average Bonchev–Trinajstić information content (AvgIpc) is 2.86. The molecule has 0 atom stereocenters. The maximum atomic E-state index is 13.1. The standard InChI is InChI=1S/C13H8F4O2S/c1-19-8-5-11(20-6-8)12(18)7-2-3-10(14)9(4-7)13(15,16)17/h2-6H,1H3. The highest BCUT2D eigenvalue weighted by molar-refractivity contribution is 7.12. The molecule has 2 nitrogen and oxygen atoms in total. The van der Waals surface area contributed by atoms with Crippen LogP contribution in [0.3, 0.4) is 0 Å². The van der Waals surface area contributed by atoms with Crippen LogP contribution < -0.4 is 4.74 Å². The second kappa shape index (κ2) is 5.24. The van der Waals surface area contributed by atoms with Gasteiger partial charge >= 0.3 is 6.18 Å². The van der Waals surface area contributed by atoms with Gasteiger partial charge in [0.1, 0.15) is 11.6 Å². The van der Waals surface area contributed by atoms with Gasteiger partial charge in [0.25, 0.3) is 0 Å². The third-order valence-electron chi connectivity index (χ3n) is 2.57. The Labute approximate surface area is 115 Å². The topological polar surface area (TPSA) is 26.3 Å². The SMILES string of the molecule is COc1csc(C(=O)c2ccc(F)c(C(F)(F)F)c2)c1. The first-order chi connectivity index (χ1) is 9.32. The van der Waals surface area contributed by atoms with Crippen LogP contribution in [-0.2, 0) is 6.18 Å². The number of benzene rings is 1. The van der Waals surface area contributed by atoms with Crippen molar-refractivity contribution in [3.8, 4) is 5.75 Å². The van der Waals surface area contributed by atoms with E-state index < -0.39 is 23.3 Å². The van der Waals surface area contributed by atoms with E-state index in [-0.39, 0.29) is 10.4 Å². The summed E-state index contributed by atoms with van der Waals surface area (Å²) in [5, 5.41) is 1.56. The van der Waals surface area contributed by atoms with Crippen molar-refractivity contribution in [2.45, 2.75) is 6.18 Å². The highest BCUT2D eigenvalue weighted by Gasteiger charge is 2.34. The first kappa shape index (κ1) is 14.5. The van der Waals surface area contributed by atoms with Crippen molar-refractivity contribution in [3.63, 3.8) is 0 Å². The van der Waals surface area contributed by atoms with Crippen molar-refractivity contribution < 1.29 is 27.1 Å².